The molecule has 1 aromatic heterocycles. The first kappa shape index (κ1) is 14.2. The van der Waals surface area contributed by atoms with Gasteiger partial charge in [0, 0.05) is 19.2 Å². The van der Waals surface area contributed by atoms with E-state index in [2.05, 4.69) is 15.3 Å². The topological polar surface area (TPSA) is 73.1 Å². The van der Waals surface area contributed by atoms with Crippen molar-refractivity contribution in [1.82, 2.24) is 9.97 Å². The summed E-state index contributed by atoms with van der Waals surface area (Å²) in [4.78, 5) is 8.39. The van der Waals surface area contributed by atoms with Crippen LogP contribution in [0.15, 0.2) is 30.3 Å². The van der Waals surface area contributed by atoms with Crippen molar-refractivity contribution in [3.63, 3.8) is 0 Å². The Kier molecular flexibility index (Phi) is 4.84. The molecule has 6 heteroatoms. The highest BCUT2D eigenvalue weighted by Gasteiger charge is 2.03. The Balaban J connectivity index is 2.01. The van der Waals surface area contributed by atoms with Crippen LogP contribution in [0.4, 0.5) is 16.0 Å². The Bertz CT molecular complexity index is 560. The first-order valence-electron chi connectivity index (χ1n) is 6.37. The van der Waals surface area contributed by atoms with E-state index in [0.29, 0.717) is 37.2 Å². The molecular weight excluding hydrogens is 259 g/mol. The molecule has 2 aromatic rings. The SMILES string of the molecule is CCOCc1nc(N)cc(NCc2ccc(F)cc2)n1. The van der Waals surface area contributed by atoms with E-state index < -0.39 is 0 Å². The summed E-state index contributed by atoms with van der Waals surface area (Å²) in [5.41, 5.74) is 6.68. The van der Waals surface area contributed by atoms with Crippen molar-refractivity contribution in [2.24, 2.45) is 0 Å². The molecular formula is C14H17FN4O. The predicted octanol–water partition coefficient (Wildman–Crippen LogP) is 2.35. The van der Waals surface area contributed by atoms with Crippen LogP contribution in [0.2, 0.25) is 0 Å². The number of rotatable bonds is 6. The molecule has 0 spiro atoms. The molecule has 3 N–H and O–H groups in total. The van der Waals surface area contributed by atoms with Crippen LogP contribution in [0.5, 0.6) is 0 Å². The molecule has 2 rings (SSSR count). The highest BCUT2D eigenvalue weighted by atomic mass is 19.1. The molecule has 0 radical (unpaired) electrons. The minimum atomic E-state index is -0.251. The van der Waals surface area contributed by atoms with E-state index in [-0.39, 0.29) is 5.82 Å². The van der Waals surface area contributed by atoms with Gasteiger partial charge < -0.3 is 15.8 Å². The maximum absolute atomic E-state index is 12.8. The largest absolute Gasteiger partial charge is 0.384 e. The Morgan fingerprint density at radius 2 is 2.00 bits per heavy atom. The second-order valence-electron chi connectivity index (χ2n) is 4.21. The van der Waals surface area contributed by atoms with E-state index in [1.54, 1.807) is 18.2 Å². The summed E-state index contributed by atoms with van der Waals surface area (Å²) in [6.07, 6.45) is 0. The molecule has 0 aliphatic rings. The molecule has 20 heavy (non-hydrogen) atoms. The van der Waals surface area contributed by atoms with Gasteiger partial charge in [-0.3, -0.25) is 0 Å². The first-order valence-corrected chi connectivity index (χ1v) is 6.37. The quantitative estimate of drug-likeness (QED) is 0.847. The lowest BCUT2D eigenvalue weighted by Crippen LogP contribution is -2.07. The number of hydrogen-bond acceptors (Lipinski definition) is 5. The van der Waals surface area contributed by atoms with Gasteiger partial charge >= 0.3 is 0 Å². The van der Waals surface area contributed by atoms with Gasteiger partial charge in [0.25, 0.3) is 0 Å². The zero-order valence-electron chi connectivity index (χ0n) is 11.3. The number of hydrogen-bond donors (Lipinski definition) is 2. The summed E-state index contributed by atoms with van der Waals surface area (Å²) >= 11 is 0. The Hall–Kier alpha value is -2.21. The number of benzene rings is 1. The Morgan fingerprint density at radius 3 is 2.70 bits per heavy atom. The number of nitrogens with two attached hydrogens (primary N) is 1. The van der Waals surface area contributed by atoms with Crippen molar-refractivity contribution < 1.29 is 9.13 Å². The minimum absolute atomic E-state index is 0.251. The van der Waals surface area contributed by atoms with Gasteiger partial charge in [0.2, 0.25) is 0 Å². The van der Waals surface area contributed by atoms with Crippen LogP contribution in [0.3, 0.4) is 0 Å². The van der Waals surface area contributed by atoms with Crippen LogP contribution >= 0.6 is 0 Å². The number of ether oxygens (including phenoxy) is 1. The third-order valence-corrected chi connectivity index (χ3v) is 2.61. The van der Waals surface area contributed by atoms with Gasteiger partial charge in [-0.25, -0.2) is 14.4 Å². The van der Waals surface area contributed by atoms with Crippen LogP contribution in [0.1, 0.15) is 18.3 Å². The van der Waals surface area contributed by atoms with E-state index >= 15 is 0 Å². The van der Waals surface area contributed by atoms with Crippen LogP contribution in [0, 0.1) is 5.82 Å². The van der Waals surface area contributed by atoms with Crippen molar-refractivity contribution in [1.29, 1.82) is 0 Å². The summed E-state index contributed by atoms with van der Waals surface area (Å²) in [6.45, 7) is 3.36. The predicted molar refractivity (Wildman–Crippen MR) is 75.5 cm³/mol. The number of nitrogens with zero attached hydrogens (tertiary/aromatic N) is 2. The van der Waals surface area contributed by atoms with Crippen molar-refractivity contribution in [2.45, 2.75) is 20.1 Å². The summed E-state index contributed by atoms with van der Waals surface area (Å²) in [6, 6.07) is 7.93. The second-order valence-corrected chi connectivity index (χ2v) is 4.21. The van der Waals surface area contributed by atoms with E-state index in [1.165, 1.54) is 12.1 Å². The van der Waals surface area contributed by atoms with Crippen LogP contribution in [-0.4, -0.2) is 16.6 Å². The molecule has 1 aromatic carbocycles. The van der Waals surface area contributed by atoms with Gasteiger partial charge in [-0.05, 0) is 24.6 Å². The molecule has 0 saturated heterocycles. The van der Waals surface area contributed by atoms with Crippen molar-refractivity contribution in [3.8, 4) is 0 Å². The Morgan fingerprint density at radius 1 is 1.25 bits per heavy atom. The van der Waals surface area contributed by atoms with Gasteiger partial charge in [0.05, 0.1) is 0 Å². The average molecular weight is 276 g/mol. The summed E-state index contributed by atoms with van der Waals surface area (Å²) in [5.74, 6) is 1.29. The smallest absolute Gasteiger partial charge is 0.158 e. The summed E-state index contributed by atoms with van der Waals surface area (Å²) in [5, 5.41) is 3.13. The summed E-state index contributed by atoms with van der Waals surface area (Å²) < 4.78 is 18.1. The fourth-order valence-electron chi connectivity index (χ4n) is 1.66. The lowest BCUT2D eigenvalue weighted by molar-refractivity contribution is 0.128. The van der Waals surface area contributed by atoms with Gasteiger partial charge in [-0.1, -0.05) is 12.1 Å². The average Bonchev–Trinajstić information content (AvgIpc) is 2.44. The molecule has 0 amide bonds. The number of nitrogen functional groups attached to an aromatic ring is 1. The van der Waals surface area contributed by atoms with E-state index in [9.17, 15) is 4.39 Å². The van der Waals surface area contributed by atoms with Crippen LogP contribution in [0.25, 0.3) is 0 Å². The Labute approximate surface area is 117 Å². The third-order valence-electron chi connectivity index (χ3n) is 2.61. The highest BCUT2D eigenvalue weighted by molar-refractivity contribution is 5.45. The number of nitrogens with one attached hydrogen (secondary N) is 1. The minimum Gasteiger partial charge on any atom is -0.384 e. The van der Waals surface area contributed by atoms with E-state index in [4.69, 9.17) is 10.5 Å². The van der Waals surface area contributed by atoms with Crippen LogP contribution < -0.4 is 11.1 Å². The fraction of sp³-hybridized carbons (Fsp3) is 0.286. The van der Waals surface area contributed by atoms with Crippen LogP contribution in [-0.2, 0) is 17.9 Å². The van der Waals surface area contributed by atoms with Crippen molar-refractivity contribution >= 4 is 11.6 Å². The molecule has 106 valence electrons. The van der Waals surface area contributed by atoms with Gasteiger partial charge in [-0.2, -0.15) is 0 Å². The molecule has 0 aliphatic carbocycles. The molecule has 1 heterocycles. The molecule has 0 fully saturated rings. The summed E-state index contributed by atoms with van der Waals surface area (Å²) in [7, 11) is 0. The maximum Gasteiger partial charge on any atom is 0.158 e. The second kappa shape index (κ2) is 6.81. The third kappa shape index (κ3) is 4.17. The van der Waals surface area contributed by atoms with Crippen molar-refractivity contribution in [3.05, 3.63) is 47.5 Å². The lowest BCUT2D eigenvalue weighted by atomic mass is 10.2. The van der Waals surface area contributed by atoms with E-state index in [0.717, 1.165) is 5.56 Å². The first-order chi connectivity index (χ1) is 9.67. The number of aromatic nitrogens is 2. The number of anilines is 2. The zero-order valence-corrected chi connectivity index (χ0v) is 11.3. The van der Waals surface area contributed by atoms with Gasteiger partial charge in [0.1, 0.15) is 24.1 Å². The molecule has 0 unspecified atom stereocenters. The zero-order chi connectivity index (χ0) is 14.4. The monoisotopic (exact) mass is 276 g/mol. The molecule has 0 bridgehead atoms. The molecule has 0 saturated carbocycles. The normalized spacial score (nSPS) is 10.5. The molecule has 0 atom stereocenters. The molecule has 0 aliphatic heterocycles. The number of halogens is 1. The lowest BCUT2D eigenvalue weighted by Gasteiger charge is -2.08. The maximum atomic E-state index is 12.8. The van der Waals surface area contributed by atoms with Gasteiger partial charge in [0.15, 0.2) is 5.82 Å². The standard InChI is InChI=1S/C14H17FN4O/c1-2-20-9-14-18-12(16)7-13(19-14)17-8-10-3-5-11(15)6-4-10/h3-7H,2,8-9H2,1H3,(H3,16,17,18,19). The van der Waals surface area contributed by atoms with Gasteiger partial charge in [-0.15, -0.1) is 0 Å². The van der Waals surface area contributed by atoms with Crippen molar-refractivity contribution in [2.75, 3.05) is 17.7 Å². The fourth-order valence-corrected chi connectivity index (χ4v) is 1.66. The van der Waals surface area contributed by atoms with E-state index in [1.807, 2.05) is 6.92 Å². The highest BCUT2D eigenvalue weighted by Crippen LogP contribution is 2.11. The molecule has 5 nitrogen and oxygen atoms in total.